The molecule has 0 saturated heterocycles. The number of halogens is 1. The standard InChI is InChI=1S/C12H16ClNO2/c1-9-8-14(16)11(7-10(9)13)12(15)5-3-2-4-6-12/h7-8,15H,2-6H2,1H3. The Morgan fingerprint density at radius 3 is 2.62 bits per heavy atom. The van der Waals surface area contributed by atoms with Crippen LogP contribution in [0.5, 0.6) is 0 Å². The average molecular weight is 242 g/mol. The summed E-state index contributed by atoms with van der Waals surface area (Å²) in [5.74, 6) is 0. The number of aliphatic hydroxyl groups is 1. The van der Waals surface area contributed by atoms with Crippen molar-refractivity contribution in [2.24, 2.45) is 0 Å². The van der Waals surface area contributed by atoms with Crippen LogP contribution in [0.25, 0.3) is 0 Å². The van der Waals surface area contributed by atoms with Gasteiger partial charge < -0.3 is 10.3 Å². The highest BCUT2D eigenvalue weighted by molar-refractivity contribution is 6.31. The maximum atomic E-state index is 11.8. The Morgan fingerprint density at radius 1 is 1.38 bits per heavy atom. The van der Waals surface area contributed by atoms with Crippen molar-refractivity contribution in [3.05, 3.63) is 33.8 Å². The molecule has 0 atom stereocenters. The van der Waals surface area contributed by atoms with Gasteiger partial charge in [-0.25, -0.2) is 0 Å². The smallest absolute Gasteiger partial charge is 0.225 e. The van der Waals surface area contributed by atoms with Crippen molar-refractivity contribution in [2.75, 3.05) is 0 Å². The summed E-state index contributed by atoms with van der Waals surface area (Å²) in [6.07, 6.45) is 5.78. The molecule has 16 heavy (non-hydrogen) atoms. The second kappa shape index (κ2) is 4.22. The molecule has 0 unspecified atom stereocenters. The Labute approximate surface area is 100 Å². The van der Waals surface area contributed by atoms with Crippen LogP contribution in [-0.4, -0.2) is 5.11 Å². The molecule has 88 valence electrons. The molecule has 0 aliphatic heterocycles. The maximum Gasteiger partial charge on any atom is 0.225 e. The lowest BCUT2D eigenvalue weighted by Gasteiger charge is -2.30. The van der Waals surface area contributed by atoms with Gasteiger partial charge in [0.05, 0.1) is 5.02 Å². The number of aryl methyl sites for hydroxylation is 1. The second-order valence-electron chi connectivity index (χ2n) is 4.61. The lowest BCUT2D eigenvalue weighted by molar-refractivity contribution is -0.623. The van der Waals surface area contributed by atoms with Gasteiger partial charge in [-0.15, -0.1) is 0 Å². The van der Waals surface area contributed by atoms with Crippen LogP contribution in [0.4, 0.5) is 0 Å². The lowest BCUT2D eigenvalue weighted by atomic mass is 9.82. The van der Waals surface area contributed by atoms with E-state index in [1.807, 2.05) is 0 Å². The molecular weight excluding hydrogens is 226 g/mol. The molecule has 0 spiro atoms. The van der Waals surface area contributed by atoms with Crippen molar-refractivity contribution in [1.82, 2.24) is 0 Å². The quantitative estimate of drug-likeness (QED) is 0.606. The minimum absolute atomic E-state index is 0.391. The zero-order chi connectivity index (χ0) is 11.8. The third-order valence-electron chi connectivity index (χ3n) is 3.35. The molecule has 0 bridgehead atoms. The molecule has 0 radical (unpaired) electrons. The first-order valence-corrected chi connectivity index (χ1v) is 6.03. The fraction of sp³-hybridized carbons (Fsp3) is 0.583. The van der Waals surface area contributed by atoms with E-state index in [1.165, 1.54) is 6.20 Å². The van der Waals surface area contributed by atoms with Gasteiger partial charge in [0.25, 0.3) is 0 Å². The molecule has 1 heterocycles. The summed E-state index contributed by atoms with van der Waals surface area (Å²) in [4.78, 5) is 0. The van der Waals surface area contributed by atoms with E-state index >= 15 is 0 Å². The van der Waals surface area contributed by atoms with Gasteiger partial charge in [0.2, 0.25) is 5.69 Å². The molecule has 1 aliphatic carbocycles. The van der Waals surface area contributed by atoms with Crippen molar-refractivity contribution < 1.29 is 9.84 Å². The zero-order valence-corrected chi connectivity index (χ0v) is 10.1. The highest BCUT2D eigenvalue weighted by atomic mass is 35.5. The van der Waals surface area contributed by atoms with Crippen molar-refractivity contribution in [3.8, 4) is 0 Å². The summed E-state index contributed by atoms with van der Waals surface area (Å²) in [6, 6.07) is 1.61. The summed E-state index contributed by atoms with van der Waals surface area (Å²) in [5.41, 5.74) is 0.139. The largest absolute Gasteiger partial charge is 0.618 e. The first kappa shape index (κ1) is 11.7. The lowest BCUT2D eigenvalue weighted by Crippen LogP contribution is -2.43. The van der Waals surface area contributed by atoms with Crippen molar-refractivity contribution in [3.63, 3.8) is 0 Å². The van der Waals surface area contributed by atoms with Crippen LogP contribution in [0.3, 0.4) is 0 Å². The van der Waals surface area contributed by atoms with Crippen LogP contribution in [0.2, 0.25) is 5.02 Å². The molecule has 1 aromatic rings. The Morgan fingerprint density at radius 2 is 2.00 bits per heavy atom. The Kier molecular flexibility index (Phi) is 3.08. The molecule has 1 N–H and O–H groups in total. The topological polar surface area (TPSA) is 47.2 Å². The highest BCUT2D eigenvalue weighted by Crippen LogP contribution is 2.36. The fourth-order valence-corrected chi connectivity index (χ4v) is 2.49. The van der Waals surface area contributed by atoms with Gasteiger partial charge in [0, 0.05) is 11.6 Å². The van der Waals surface area contributed by atoms with E-state index in [0.29, 0.717) is 23.6 Å². The fourth-order valence-electron chi connectivity index (χ4n) is 2.34. The van der Waals surface area contributed by atoms with Gasteiger partial charge in [-0.05, 0) is 32.6 Å². The Hall–Kier alpha value is -0.800. The van der Waals surface area contributed by atoms with Crippen LogP contribution in [0, 0.1) is 12.1 Å². The van der Waals surface area contributed by atoms with Crippen LogP contribution < -0.4 is 4.73 Å². The van der Waals surface area contributed by atoms with E-state index in [1.54, 1.807) is 13.0 Å². The number of pyridine rings is 1. The number of aromatic nitrogens is 1. The Balaban J connectivity index is 2.42. The molecule has 1 saturated carbocycles. The van der Waals surface area contributed by atoms with Gasteiger partial charge in [-0.1, -0.05) is 18.0 Å². The molecule has 4 heteroatoms. The minimum atomic E-state index is -0.989. The van der Waals surface area contributed by atoms with Crippen molar-refractivity contribution >= 4 is 11.6 Å². The second-order valence-corrected chi connectivity index (χ2v) is 5.01. The van der Waals surface area contributed by atoms with E-state index in [9.17, 15) is 10.3 Å². The van der Waals surface area contributed by atoms with E-state index in [4.69, 9.17) is 11.6 Å². The van der Waals surface area contributed by atoms with E-state index < -0.39 is 5.60 Å². The van der Waals surface area contributed by atoms with Gasteiger partial charge in [0.15, 0.2) is 6.20 Å². The van der Waals surface area contributed by atoms with Crippen molar-refractivity contribution in [1.29, 1.82) is 0 Å². The van der Waals surface area contributed by atoms with E-state index in [0.717, 1.165) is 29.6 Å². The predicted octanol–water partition coefficient (Wildman–Crippen LogP) is 2.43. The van der Waals surface area contributed by atoms with E-state index in [-0.39, 0.29) is 0 Å². The monoisotopic (exact) mass is 241 g/mol. The molecule has 3 nitrogen and oxygen atoms in total. The molecule has 2 rings (SSSR count). The van der Waals surface area contributed by atoms with Crippen molar-refractivity contribution in [2.45, 2.75) is 44.6 Å². The molecule has 1 aliphatic rings. The SMILES string of the molecule is Cc1c[n+]([O-])c(C2(O)CCCCC2)cc1Cl. The summed E-state index contributed by atoms with van der Waals surface area (Å²) in [5, 5.41) is 22.8. The minimum Gasteiger partial charge on any atom is -0.618 e. The normalized spacial score (nSPS) is 19.7. The summed E-state index contributed by atoms with van der Waals surface area (Å²) in [7, 11) is 0. The van der Waals surface area contributed by atoms with E-state index in [2.05, 4.69) is 0 Å². The molecular formula is C12H16ClNO2. The van der Waals surface area contributed by atoms with Gasteiger partial charge in [-0.3, -0.25) is 0 Å². The third-order valence-corrected chi connectivity index (χ3v) is 3.75. The van der Waals surface area contributed by atoms with Crippen LogP contribution >= 0.6 is 11.6 Å². The van der Waals surface area contributed by atoms with Gasteiger partial charge in [0.1, 0.15) is 5.60 Å². The molecule has 0 amide bonds. The average Bonchev–Trinajstić information content (AvgIpc) is 2.24. The number of hydrogen-bond acceptors (Lipinski definition) is 2. The van der Waals surface area contributed by atoms with Crippen LogP contribution in [-0.2, 0) is 5.60 Å². The number of nitrogens with zero attached hydrogens (tertiary/aromatic N) is 1. The molecule has 0 aromatic carbocycles. The Bertz CT molecular complexity index is 400. The maximum absolute atomic E-state index is 11.8. The van der Waals surface area contributed by atoms with Gasteiger partial charge >= 0.3 is 0 Å². The third kappa shape index (κ3) is 2.02. The summed E-state index contributed by atoms with van der Waals surface area (Å²) in [6.45, 7) is 1.78. The number of rotatable bonds is 1. The first-order valence-electron chi connectivity index (χ1n) is 5.65. The predicted molar refractivity (Wildman–Crippen MR) is 62.1 cm³/mol. The molecule has 1 aromatic heterocycles. The van der Waals surface area contributed by atoms with Crippen LogP contribution in [0.1, 0.15) is 43.4 Å². The van der Waals surface area contributed by atoms with Crippen LogP contribution in [0.15, 0.2) is 12.3 Å². The van der Waals surface area contributed by atoms with Gasteiger partial charge in [-0.2, -0.15) is 4.73 Å². The first-order chi connectivity index (χ1) is 7.53. The summed E-state index contributed by atoms with van der Waals surface area (Å²) >= 11 is 6.00. The molecule has 1 fully saturated rings. The summed E-state index contributed by atoms with van der Waals surface area (Å²) < 4.78 is 0.756. The zero-order valence-electron chi connectivity index (χ0n) is 9.37. The highest BCUT2D eigenvalue weighted by Gasteiger charge is 2.38. The number of hydrogen-bond donors (Lipinski definition) is 1.